The maximum Gasteiger partial charge on any atom is 0.412 e. The Balaban J connectivity index is 2.35. The molecule has 0 aromatic heterocycles. The van der Waals surface area contributed by atoms with Crippen LogP contribution < -0.4 is 15.8 Å². The van der Waals surface area contributed by atoms with E-state index in [0.29, 0.717) is 17.3 Å². The Morgan fingerprint density at radius 3 is 2.69 bits per heavy atom. The van der Waals surface area contributed by atoms with Crippen molar-refractivity contribution in [2.75, 3.05) is 6.54 Å². The van der Waals surface area contributed by atoms with E-state index in [-0.39, 0.29) is 5.92 Å². The minimum Gasteiger partial charge on any atom is -0.410 e. The molecule has 0 saturated heterocycles. The fourth-order valence-electron chi connectivity index (χ4n) is 0.969. The second kappa shape index (κ2) is 6.07. The molecule has 1 aromatic rings. The monoisotopic (exact) mass is 238 g/mol. The Kier molecular flexibility index (Phi) is 4.72. The number of nitrogens with two attached hydrogens (primary N) is 1. The number of carbonyl (C=O) groups is 1. The average Bonchev–Trinajstić information content (AvgIpc) is 2.27. The molecule has 1 aromatic carbocycles. The lowest BCUT2D eigenvalue weighted by Crippen LogP contribution is -2.35. The third-order valence-corrected chi connectivity index (χ3v) is 2.39. The Morgan fingerprint density at radius 1 is 1.50 bits per heavy atom. The lowest BCUT2D eigenvalue weighted by molar-refractivity contribution is 0.200. The summed E-state index contributed by atoms with van der Waals surface area (Å²) in [6.07, 6.45) is -0.505. The second-order valence-electron chi connectivity index (χ2n) is 3.39. The topological polar surface area (TPSA) is 64.3 Å². The number of hydrogen-bond acceptors (Lipinski definition) is 3. The van der Waals surface area contributed by atoms with Gasteiger partial charge >= 0.3 is 6.09 Å². The molecule has 0 aliphatic rings. The van der Waals surface area contributed by atoms with Crippen LogP contribution in [0.4, 0.5) is 4.79 Å². The molecule has 0 radical (unpaired) electrons. The predicted octanol–water partition coefficient (Wildman–Crippen LogP) is 1.70. The molecule has 1 rings (SSSR count). The van der Waals surface area contributed by atoms with Crippen LogP contribution in [-0.4, -0.2) is 17.6 Å². The van der Waals surface area contributed by atoms with Gasteiger partial charge in [0.15, 0.2) is 0 Å². The molecule has 0 aliphatic carbocycles. The van der Waals surface area contributed by atoms with Crippen LogP contribution in [0.15, 0.2) is 30.3 Å². The zero-order chi connectivity index (χ0) is 12.0. The normalized spacial score (nSPS) is 11.6. The molecule has 1 amide bonds. The van der Waals surface area contributed by atoms with Crippen molar-refractivity contribution in [1.82, 2.24) is 5.32 Å². The summed E-state index contributed by atoms with van der Waals surface area (Å²) in [5.41, 5.74) is 5.41. The largest absolute Gasteiger partial charge is 0.412 e. The smallest absolute Gasteiger partial charge is 0.410 e. The van der Waals surface area contributed by atoms with Crippen molar-refractivity contribution in [3.63, 3.8) is 0 Å². The summed E-state index contributed by atoms with van der Waals surface area (Å²) in [5, 5.41) is 2.58. The summed E-state index contributed by atoms with van der Waals surface area (Å²) in [6, 6.07) is 8.84. The van der Waals surface area contributed by atoms with Crippen molar-refractivity contribution in [2.24, 2.45) is 11.7 Å². The van der Waals surface area contributed by atoms with Gasteiger partial charge in [-0.3, -0.25) is 0 Å². The zero-order valence-electron chi connectivity index (χ0n) is 8.97. The van der Waals surface area contributed by atoms with E-state index in [9.17, 15) is 4.79 Å². The highest BCUT2D eigenvalue weighted by Gasteiger charge is 2.08. The second-order valence-corrected chi connectivity index (χ2v) is 3.86. The Hall–Kier alpha value is -1.62. The van der Waals surface area contributed by atoms with Crippen LogP contribution >= 0.6 is 12.2 Å². The number of rotatable bonds is 4. The molecule has 86 valence electrons. The van der Waals surface area contributed by atoms with Gasteiger partial charge in [-0.05, 0) is 12.1 Å². The molecule has 1 unspecified atom stereocenters. The minimum absolute atomic E-state index is 0.0432. The Labute approximate surface area is 99.8 Å². The average molecular weight is 238 g/mol. The molecule has 0 aliphatic heterocycles. The highest BCUT2D eigenvalue weighted by molar-refractivity contribution is 7.80. The van der Waals surface area contributed by atoms with Crippen molar-refractivity contribution in [1.29, 1.82) is 0 Å². The summed E-state index contributed by atoms with van der Waals surface area (Å²) in [7, 11) is 0. The highest BCUT2D eigenvalue weighted by atomic mass is 32.1. The molecular formula is C11H14N2O2S. The van der Waals surface area contributed by atoms with Gasteiger partial charge in [0.05, 0.1) is 4.99 Å². The fraction of sp³-hybridized carbons (Fsp3) is 0.273. The molecule has 3 N–H and O–H groups in total. The maximum atomic E-state index is 11.3. The number of ether oxygens (including phenoxy) is 1. The highest BCUT2D eigenvalue weighted by Crippen LogP contribution is 2.08. The maximum absolute atomic E-state index is 11.3. The number of para-hydroxylation sites is 1. The number of hydrogen-bond donors (Lipinski definition) is 2. The molecule has 16 heavy (non-hydrogen) atoms. The molecule has 0 heterocycles. The lowest BCUT2D eigenvalue weighted by atomic mass is 10.2. The first-order valence-electron chi connectivity index (χ1n) is 4.89. The quantitative estimate of drug-likeness (QED) is 0.784. The van der Waals surface area contributed by atoms with Gasteiger partial charge in [0.1, 0.15) is 5.75 Å². The number of amides is 1. The van der Waals surface area contributed by atoms with Gasteiger partial charge in [0.25, 0.3) is 0 Å². The van der Waals surface area contributed by atoms with Gasteiger partial charge in [0.2, 0.25) is 0 Å². The van der Waals surface area contributed by atoms with Gasteiger partial charge in [-0.2, -0.15) is 0 Å². The third kappa shape index (κ3) is 4.27. The SMILES string of the molecule is CC(CNC(=O)Oc1ccccc1)C(N)=S. The van der Waals surface area contributed by atoms with Crippen LogP contribution in [0, 0.1) is 5.92 Å². The van der Waals surface area contributed by atoms with Crippen LogP contribution in [0.3, 0.4) is 0 Å². The molecule has 1 atom stereocenters. The summed E-state index contributed by atoms with van der Waals surface area (Å²) in [6.45, 7) is 2.21. The van der Waals surface area contributed by atoms with E-state index < -0.39 is 6.09 Å². The number of benzene rings is 1. The summed E-state index contributed by atoms with van der Waals surface area (Å²) >= 11 is 4.79. The van der Waals surface area contributed by atoms with Gasteiger partial charge < -0.3 is 15.8 Å². The van der Waals surface area contributed by atoms with Crippen molar-refractivity contribution in [2.45, 2.75) is 6.92 Å². The van der Waals surface area contributed by atoms with Crippen molar-refractivity contribution in [3.8, 4) is 5.75 Å². The number of thiocarbonyl (C=S) groups is 1. The first kappa shape index (κ1) is 12.4. The van der Waals surface area contributed by atoms with E-state index in [2.05, 4.69) is 5.32 Å². The van der Waals surface area contributed by atoms with Crippen LogP contribution in [0.2, 0.25) is 0 Å². The van der Waals surface area contributed by atoms with Crippen molar-refractivity contribution < 1.29 is 9.53 Å². The van der Waals surface area contributed by atoms with Gasteiger partial charge in [-0.15, -0.1) is 0 Å². The van der Waals surface area contributed by atoms with E-state index >= 15 is 0 Å². The molecular weight excluding hydrogens is 224 g/mol. The van der Waals surface area contributed by atoms with E-state index in [4.69, 9.17) is 22.7 Å². The summed E-state index contributed by atoms with van der Waals surface area (Å²) in [5.74, 6) is 0.460. The molecule has 0 fully saturated rings. The molecule has 0 saturated carbocycles. The summed E-state index contributed by atoms with van der Waals surface area (Å²) in [4.78, 5) is 11.7. The molecule has 0 spiro atoms. The van der Waals surface area contributed by atoms with E-state index in [1.807, 2.05) is 13.0 Å². The van der Waals surface area contributed by atoms with Gasteiger partial charge in [-0.25, -0.2) is 4.79 Å². The Bertz CT molecular complexity index is 368. The predicted molar refractivity (Wildman–Crippen MR) is 66.4 cm³/mol. The van der Waals surface area contributed by atoms with Crippen molar-refractivity contribution in [3.05, 3.63) is 30.3 Å². The lowest BCUT2D eigenvalue weighted by Gasteiger charge is -2.10. The third-order valence-electron chi connectivity index (χ3n) is 1.99. The van der Waals surface area contributed by atoms with Crippen LogP contribution in [0.1, 0.15) is 6.92 Å². The number of carbonyl (C=O) groups excluding carboxylic acids is 1. The standard InChI is InChI=1S/C11H14N2O2S/c1-8(10(12)16)7-13-11(14)15-9-5-3-2-4-6-9/h2-6,8H,7H2,1H3,(H2,12,16)(H,13,14). The fourth-order valence-corrected chi connectivity index (χ4v) is 1.05. The molecule has 4 nitrogen and oxygen atoms in total. The minimum atomic E-state index is -0.505. The van der Waals surface area contributed by atoms with Gasteiger partial charge in [-0.1, -0.05) is 37.3 Å². The van der Waals surface area contributed by atoms with Gasteiger partial charge in [0, 0.05) is 12.5 Å². The first-order chi connectivity index (χ1) is 7.59. The molecule has 0 bridgehead atoms. The Morgan fingerprint density at radius 2 is 2.12 bits per heavy atom. The zero-order valence-corrected chi connectivity index (χ0v) is 9.79. The summed E-state index contributed by atoms with van der Waals surface area (Å²) < 4.78 is 5.01. The van der Waals surface area contributed by atoms with Crippen LogP contribution in [-0.2, 0) is 0 Å². The van der Waals surface area contributed by atoms with Crippen molar-refractivity contribution >= 4 is 23.3 Å². The van der Waals surface area contributed by atoms with Crippen LogP contribution in [0.5, 0.6) is 5.75 Å². The van der Waals surface area contributed by atoms with E-state index in [1.54, 1.807) is 24.3 Å². The van der Waals surface area contributed by atoms with E-state index in [1.165, 1.54) is 0 Å². The first-order valence-corrected chi connectivity index (χ1v) is 5.30. The molecule has 5 heteroatoms. The number of nitrogens with one attached hydrogen (secondary N) is 1. The van der Waals surface area contributed by atoms with Crippen LogP contribution in [0.25, 0.3) is 0 Å². The van der Waals surface area contributed by atoms with E-state index in [0.717, 1.165) is 0 Å².